The van der Waals surface area contributed by atoms with Crippen molar-refractivity contribution < 1.29 is 19.4 Å². The van der Waals surface area contributed by atoms with Crippen molar-refractivity contribution in [3.8, 4) is 0 Å². The van der Waals surface area contributed by atoms with Gasteiger partial charge in [0.25, 0.3) is 0 Å². The number of aliphatic hydroxyl groups excluding tert-OH is 1. The number of aromatic nitrogens is 2. The van der Waals surface area contributed by atoms with Crippen LogP contribution in [0.15, 0.2) is 18.7 Å². The first-order chi connectivity index (χ1) is 11.6. The zero-order valence-corrected chi connectivity index (χ0v) is 14.0. The highest BCUT2D eigenvalue weighted by Gasteiger charge is 2.37. The second-order valence-corrected chi connectivity index (χ2v) is 6.10. The minimum Gasteiger partial charge on any atom is -0.391 e. The van der Waals surface area contributed by atoms with E-state index in [-0.39, 0.29) is 30.2 Å². The molecule has 134 valence electrons. The van der Waals surface area contributed by atoms with E-state index < -0.39 is 6.10 Å². The van der Waals surface area contributed by atoms with Gasteiger partial charge in [0.05, 0.1) is 25.1 Å². The number of carbonyl (C=O) groups excluding carboxylic acids is 2. The predicted octanol–water partition coefficient (Wildman–Crippen LogP) is -0.318. The number of nitrogens with zero attached hydrogens (tertiary/aromatic N) is 2. The van der Waals surface area contributed by atoms with E-state index in [0.717, 1.165) is 13.0 Å². The van der Waals surface area contributed by atoms with Crippen LogP contribution in [0, 0.1) is 5.92 Å². The molecular formula is C16H26N4O4. The highest BCUT2D eigenvalue weighted by Crippen LogP contribution is 2.26. The van der Waals surface area contributed by atoms with Gasteiger partial charge in [-0.15, -0.1) is 0 Å². The third-order valence-electron chi connectivity index (χ3n) is 4.23. The van der Waals surface area contributed by atoms with Gasteiger partial charge in [0.2, 0.25) is 11.8 Å². The summed E-state index contributed by atoms with van der Waals surface area (Å²) in [6.45, 7) is 1.72. The summed E-state index contributed by atoms with van der Waals surface area (Å²) in [7, 11) is 1.53. The van der Waals surface area contributed by atoms with Crippen LogP contribution >= 0.6 is 0 Å². The lowest BCUT2D eigenvalue weighted by Crippen LogP contribution is -2.40. The first-order valence-electron chi connectivity index (χ1n) is 8.30. The van der Waals surface area contributed by atoms with Gasteiger partial charge >= 0.3 is 0 Å². The summed E-state index contributed by atoms with van der Waals surface area (Å²) in [6.07, 6.45) is 6.57. The third-order valence-corrected chi connectivity index (χ3v) is 4.23. The molecule has 1 saturated carbocycles. The number of imidazole rings is 1. The molecule has 8 heteroatoms. The lowest BCUT2D eigenvalue weighted by Gasteiger charge is -2.16. The fourth-order valence-electron chi connectivity index (χ4n) is 2.90. The third kappa shape index (κ3) is 5.61. The van der Waals surface area contributed by atoms with Crippen LogP contribution in [0.4, 0.5) is 0 Å². The number of amides is 2. The van der Waals surface area contributed by atoms with E-state index in [0.29, 0.717) is 26.0 Å². The van der Waals surface area contributed by atoms with Crippen molar-refractivity contribution in [2.24, 2.45) is 5.92 Å². The van der Waals surface area contributed by atoms with Crippen molar-refractivity contribution in [2.45, 2.75) is 44.4 Å². The minimum atomic E-state index is -0.682. The number of hydrogen-bond donors (Lipinski definition) is 3. The Morgan fingerprint density at radius 2 is 2.25 bits per heavy atom. The maximum atomic E-state index is 12.2. The summed E-state index contributed by atoms with van der Waals surface area (Å²) in [6, 6.07) is -0.365. The van der Waals surface area contributed by atoms with Gasteiger partial charge < -0.3 is 25.0 Å². The van der Waals surface area contributed by atoms with Gasteiger partial charge in [-0.1, -0.05) is 0 Å². The fourth-order valence-corrected chi connectivity index (χ4v) is 2.90. The zero-order valence-electron chi connectivity index (χ0n) is 14.0. The molecule has 1 aliphatic carbocycles. The largest absolute Gasteiger partial charge is 0.391 e. The first-order valence-corrected chi connectivity index (χ1v) is 8.30. The van der Waals surface area contributed by atoms with Gasteiger partial charge in [-0.05, 0) is 19.3 Å². The molecule has 3 N–H and O–H groups in total. The molecule has 2 amide bonds. The Kier molecular flexibility index (Phi) is 7.20. The minimum absolute atomic E-state index is 0.0617. The molecule has 0 aromatic carbocycles. The van der Waals surface area contributed by atoms with Crippen molar-refractivity contribution in [1.82, 2.24) is 20.2 Å². The molecule has 1 aromatic rings. The van der Waals surface area contributed by atoms with E-state index in [1.54, 1.807) is 12.5 Å². The topological polar surface area (TPSA) is 105 Å². The second-order valence-electron chi connectivity index (χ2n) is 6.10. The molecule has 1 aliphatic rings. The molecule has 0 unspecified atom stereocenters. The molecule has 1 fully saturated rings. The lowest BCUT2D eigenvalue weighted by molar-refractivity contribution is -0.125. The van der Waals surface area contributed by atoms with Gasteiger partial charge in [0.1, 0.15) is 0 Å². The van der Waals surface area contributed by atoms with Crippen molar-refractivity contribution in [3.05, 3.63) is 18.7 Å². The zero-order chi connectivity index (χ0) is 17.4. The number of rotatable bonds is 9. The standard InChI is InChI=1S/C16H26N4O4/c1-24-8-3-15(22)19-13-9-12(10-14(13)21)16(23)18-4-2-6-20-7-5-17-11-20/h5,7,11-14,21H,2-4,6,8-10H2,1H3,(H,18,23)(H,19,22)/t12-,13-,14-/m0/s1. The maximum absolute atomic E-state index is 12.2. The number of aliphatic hydroxyl groups is 1. The Balaban J connectivity index is 1.66. The van der Waals surface area contributed by atoms with Gasteiger partial charge in [0, 0.05) is 44.9 Å². The summed E-state index contributed by atoms with van der Waals surface area (Å²) in [5, 5.41) is 15.7. The number of methoxy groups -OCH3 is 1. The predicted molar refractivity (Wildman–Crippen MR) is 87.0 cm³/mol. The number of hydrogen-bond acceptors (Lipinski definition) is 5. The van der Waals surface area contributed by atoms with Crippen LogP contribution in [0.1, 0.15) is 25.7 Å². The molecule has 0 bridgehead atoms. The summed E-state index contributed by atoms with van der Waals surface area (Å²) < 4.78 is 6.81. The van der Waals surface area contributed by atoms with E-state index in [1.165, 1.54) is 7.11 Å². The van der Waals surface area contributed by atoms with Crippen LogP contribution in [0.25, 0.3) is 0 Å². The first kappa shape index (κ1) is 18.4. The summed E-state index contributed by atoms with van der Waals surface area (Å²) >= 11 is 0. The van der Waals surface area contributed by atoms with Crippen molar-refractivity contribution in [2.75, 3.05) is 20.3 Å². The van der Waals surface area contributed by atoms with E-state index >= 15 is 0 Å². The van der Waals surface area contributed by atoms with Crippen LogP contribution in [0.2, 0.25) is 0 Å². The maximum Gasteiger partial charge on any atom is 0.223 e. The summed E-state index contributed by atoms with van der Waals surface area (Å²) in [5.74, 6) is -0.489. The van der Waals surface area contributed by atoms with Gasteiger partial charge in [-0.3, -0.25) is 9.59 Å². The Labute approximate surface area is 141 Å². The van der Waals surface area contributed by atoms with Crippen molar-refractivity contribution in [1.29, 1.82) is 0 Å². The lowest BCUT2D eigenvalue weighted by atomic mass is 10.1. The van der Waals surface area contributed by atoms with E-state index in [1.807, 2.05) is 10.8 Å². The van der Waals surface area contributed by atoms with Crippen LogP contribution in [0.3, 0.4) is 0 Å². The van der Waals surface area contributed by atoms with E-state index in [9.17, 15) is 14.7 Å². The highest BCUT2D eigenvalue weighted by molar-refractivity contribution is 5.80. The molecule has 0 spiro atoms. The fraction of sp³-hybridized carbons (Fsp3) is 0.688. The Morgan fingerprint density at radius 1 is 1.42 bits per heavy atom. The van der Waals surface area contributed by atoms with Crippen LogP contribution in [-0.4, -0.2) is 58.9 Å². The highest BCUT2D eigenvalue weighted by atomic mass is 16.5. The van der Waals surface area contributed by atoms with E-state index in [2.05, 4.69) is 15.6 Å². The van der Waals surface area contributed by atoms with Gasteiger partial charge in [-0.25, -0.2) is 4.98 Å². The molecule has 0 saturated heterocycles. The molecule has 8 nitrogen and oxygen atoms in total. The van der Waals surface area contributed by atoms with Crippen LogP contribution in [0.5, 0.6) is 0 Å². The number of aryl methyl sites for hydroxylation is 1. The molecule has 1 aromatic heterocycles. The smallest absolute Gasteiger partial charge is 0.223 e. The quantitative estimate of drug-likeness (QED) is 0.535. The van der Waals surface area contributed by atoms with Gasteiger partial charge in [0.15, 0.2) is 0 Å². The number of nitrogens with one attached hydrogen (secondary N) is 2. The average molecular weight is 338 g/mol. The van der Waals surface area contributed by atoms with Crippen LogP contribution < -0.4 is 10.6 Å². The molecule has 3 atom stereocenters. The monoisotopic (exact) mass is 338 g/mol. The number of carbonyl (C=O) groups is 2. The van der Waals surface area contributed by atoms with Crippen LogP contribution in [-0.2, 0) is 20.9 Å². The normalized spacial score (nSPS) is 23.2. The molecule has 0 radical (unpaired) electrons. The second kappa shape index (κ2) is 9.39. The molecule has 2 rings (SSSR count). The molecule has 24 heavy (non-hydrogen) atoms. The molecule has 0 aliphatic heterocycles. The van der Waals surface area contributed by atoms with Crippen molar-refractivity contribution in [3.63, 3.8) is 0 Å². The average Bonchev–Trinajstić information content (AvgIpc) is 3.20. The summed E-state index contributed by atoms with van der Waals surface area (Å²) in [4.78, 5) is 27.8. The SMILES string of the molecule is COCCC(=O)N[C@H]1C[C@H](C(=O)NCCCn2ccnc2)C[C@@H]1O. The molecular weight excluding hydrogens is 312 g/mol. The Morgan fingerprint density at radius 3 is 2.96 bits per heavy atom. The number of ether oxygens (including phenoxy) is 1. The summed E-state index contributed by atoms with van der Waals surface area (Å²) in [5.41, 5.74) is 0. The Bertz CT molecular complexity index is 520. The Hall–Kier alpha value is -1.93. The van der Waals surface area contributed by atoms with E-state index in [4.69, 9.17) is 4.74 Å². The van der Waals surface area contributed by atoms with Gasteiger partial charge in [-0.2, -0.15) is 0 Å². The van der Waals surface area contributed by atoms with Crippen molar-refractivity contribution >= 4 is 11.8 Å². The molecule has 1 heterocycles.